The molecule has 1 nitrogen and oxygen atoms in total. The summed E-state index contributed by atoms with van der Waals surface area (Å²) in [6.45, 7) is 4.26. The Kier molecular flexibility index (Phi) is 4.51. The number of rotatable bonds is 5. The number of aryl methyl sites for hydroxylation is 1. The maximum absolute atomic E-state index is 12.3. The summed E-state index contributed by atoms with van der Waals surface area (Å²) in [4.78, 5) is 12.3. The first-order chi connectivity index (χ1) is 9.22. The van der Waals surface area contributed by atoms with Crippen molar-refractivity contribution in [3.8, 4) is 0 Å². The molecule has 0 amide bonds. The lowest BCUT2D eigenvalue weighted by atomic mass is 9.87. The molecule has 0 N–H and O–H groups in total. The fraction of sp³-hybridized carbons (Fsp3) is 0.278. The first-order valence-corrected chi connectivity index (χ1v) is 6.86. The van der Waals surface area contributed by atoms with Crippen molar-refractivity contribution in [2.75, 3.05) is 0 Å². The topological polar surface area (TPSA) is 17.1 Å². The summed E-state index contributed by atoms with van der Waals surface area (Å²) in [5, 5.41) is 0. The summed E-state index contributed by atoms with van der Waals surface area (Å²) in [6.07, 6.45) is 1.58. The van der Waals surface area contributed by atoms with Crippen LogP contribution in [-0.4, -0.2) is 5.78 Å². The van der Waals surface area contributed by atoms with Gasteiger partial charge in [-0.15, -0.1) is 0 Å². The van der Waals surface area contributed by atoms with E-state index < -0.39 is 0 Å². The number of hydrogen-bond acceptors (Lipinski definition) is 1. The van der Waals surface area contributed by atoms with Gasteiger partial charge in [-0.1, -0.05) is 61.5 Å². The third-order valence-corrected chi connectivity index (χ3v) is 3.65. The Morgan fingerprint density at radius 1 is 1.00 bits per heavy atom. The van der Waals surface area contributed by atoms with Crippen LogP contribution in [0.3, 0.4) is 0 Å². The molecule has 0 spiro atoms. The second-order valence-electron chi connectivity index (χ2n) is 4.96. The van der Waals surface area contributed by atoms with E-state index in [0.29, 0.717) is 12.3 Å². The summed E-state index contributed by atoms with van der Waals surface area (Å²) in [6, 6.07) is 17.9. The van der Waals surface area contributed by atoms with Gasteiger partial charge in [-0.3, -0.25) is 4.79 Å². The summed E-state index contributed by atoms with van der Waals surface area (Å²) in [5.41, 5.74) is 3.39. The molecule has 0 aromatic heterocycles. The Morgan fingerprint density at radius 2 is 1.63 bits per heavy atom. The molecule has 2 rings (SSSR count). The van der Waals surface area contributed by atoms with E-state index in [-0.39, 0.29) is 5.78 Å². The summed E-state index contributed by atoms with van der Waals surface area (Å²) >= 11 is 0. The summed E-state index contributed by atoms with van der Waals surface area (Å²) in [5.74, 6) is 0.546. The van der Waals surface area contributed by atoms with E-state index in [4.69, 9.17) is 0 Å². The van der Waals surface area contributed by atoms with E-state index in [9.17, 15) is 4.79 Å². The number of carbonyl (C=O) groups excluding carboxylic acids is 1. The van der Waals surface area contributed by atoms with Crippen LogP contribution in [0, 0.1) is 6.92 Å². The average molecular weight is 252 g/mol. The van der Waals surface area contributed by atoms with Crippen molar-refractivity contribution in [2.24, 2.45) is 0 Å². The van der Waals surface area contributed by atoms with E-state index in [2.05, 4.69) is 32.0 Å². The lowest BCUT2D eigenvalue weighted by Crippen LogP contribution is -2.08. The van der Waals surface area contributed by atoms with Crippen LogP contribution in [0.25, 0.3) is 0 Å². The molecule has 0 saturated heterocycles. The van der Waals surface area contributed by atoms with E-state index in [1.165, 1.54) is 11.1 Å². The van der Waals surface area contributed by atoms with Gasteiger partial charge in [-0.25, -0.2) is 0 Å². The molecule has 0 aliphatic rings. The maximum atomic E-state index is 12.3. The largest absolute Gasteiger partial charge is 0.294 e. The minimum absolute atomic E-state index is 0.232. The molecule has 0 radical (unpaired) electrons. The Bertz CT molecular complexity index is 543. The van der Waals surface area contributed by atoms with Gasteiger partial charge in [0.1, 0.15) is 0 Å². The highest BCUT2D eigenvalue weighted by Gasteiger charge is 2.16. The third-order valence-electron chi connectivity index (χ3n) is 3.65. The van der Waals surface area contributed by atoms with E-state index in [0.717, 1.165) is 12.0 Å². The van der Waals surface area contributed by atoms with Gasteiger partial charge >= 0.3 is 0 Å². The third kappa shape index (κ3) is 3.31. The molecule has 0 aliphatic carbocycles. The smallest absolute Gasteiger partial charge is 0.163 e. The lowest BCUT2D eigenvalue weighted by Gasteiger charge is -2.17. The van der Waals surface area contributed by atoms with Gasteiger partial charge in [0.2, 0.25) is 0 Å². The van der Waals surface area contributed by atoms with Gasteiger partial charge < -0.3 is 0 Å². The van der Waals surface area contributed by atoms with Crippen LogP contribution in [0.2, 0.25) is 0 Å². The van der Waals surface area contributed by atoms with Crippen molar-refractivity contribution in [2.45, 2.75) is 32.6 Å². The van der Waals surface area contributed by atoms with Crippen molar-refractivity contribution in [1.82, 2.24) is 0 Å². The highest BCUT2D eigenvalue weighted by Crippen LogP contribution is 2.27. The van der Waals surface area contributed by atoms with E-state index in [1.807, 2.05) is 36.4 Å². The molecule has 0 saturated carbocycles. The van der Waals surface area contributed by atoms with Crippen molar-refractivity contribution in [3.63, 3.8) is 0 Å². The molecule has 0 heterocycles. The highest BCUT2D eigenvalue weighted by molar-refractivity contribution is 5.96. The number of carbonyl (C=O) groups is 1. The highest BCUT2D eigenvalue weighted by atomic mass is 16.1. The predicted molar refractivity (Wildman–Crippen MR) is 79.6 cm³/mol. The monoisotopic (exact) mass is 252 g/mol. The number of Topliss-reactive ketones (excluding diaryl/α,β-unsaturated/α-hetero) is 1. The van der Waals surface area contributed by atoms with Crippen molar-refractivity contribution in [3.05, 3.63) is 71.3 Å². The molecule has 19 heavy (non-hydrogen) atoms. The van der Waals surface area contributed by atoms with E-state index >= 15 is 0 Å². The number of hydrogen-bond donors (Lipinski definition) is 0. The maximum Gasteiger partial charge on any atom is 0.163 e. The SMILES string of the molecule is CC[C@@H](CC(=O)c1ccccc1)c1ccccc1C. The minimum Gasteiger partial charge on any atom is -0.294 e. The molecule has 2 aromatic rings. The zero-order valence-corrected chi connectivity index (χ0v) is 11.6. The lowest BCUT2D eigenvalue weighted by molar-refractivity contribution is 0.0973. The first-order valence-electron chi connectivity index (χ1n) is 6.86. The molecule has 0 unspecified atom stereocenters. The van der Waals surface area contributed by atoms with Crippen LogP contribution in [0.1, 0.15) is 47.2 Å². The molecule has 0 aliphatic heterocycles. The quantitative estimate of drug-likeness (QED) is 0.701. The number of benzene rings is 2. The van der Waals surface area contributed by atoms with Gasteiger partial charge in [-0.05, 0) is 30.4 Å². The molecule has 2 aromatic carbocycles. The van der Waals surface area contributed by atoms with E-state index in [1.54, 1.807) is 0 Å². The van der Waals surface area contributed by atoms with Crippen LogP contribution < -0.4 is 0 Å². The number of ketones is 1. The normalized spacial score (nSPS) is 12.1. The molecule has 0 fully saturated rings. The second kappa shape index (κ2) is 6.33. The van der Waals surface area contributed by atoms with Gasteiger partial charge in [0.05, 0.1) is 0 Å². The molecule has 0 bridgehead atoms. The molecule has 1 heteroatoms. The van der Waals surface area contributed by atoms with Gasteiger partial charge in [0.15, 0.2) is 5.78 Å². The predicted octanol–water partition coefficient (Wildman–Crippen LogP) is 4.76. The standard InChI is InChI=1S/C18H20O/c1-3-15(17-12-8-7-9-14(17)2)13-18(19)16-10-5-4-6-11-16/h4-12,15H,3,13H2,1-2H3/t15-/m0/s1. The minimum atomic E-state index is 0.232. The second-order valence-corrected chi connectivity index (χ2v) is 4.96. The van der Waals surface area contributed by atoms with Gasteiger partial charge in [0, 0.05) is 12.0 Å². The van der Waals surface area contributed by atoms with Crippen LogP contribution >= 0.6 is 0 Å². The average Bonchev–Trinajstić information content (AvgIpc) is 2.46. The van der Waals surface area contributed by atoms with Crippen LogP contribution in [0.15, 0.2) is 54.6 Å². The fourth-order valence-electron chi connectivity index (χ4n) is 2.48. The van der Waals surface area contributed by atoms with Crippen molar-refractivity contribution in [1.29, 1.82) is 0 Å². The summed E-state index contributed by atoms with van der Waals surface area (Å²) in [7, 11) is 0. The zero-order chi connectivity index (χ0) is 13.7. The summed E-state index contributed by atoms with van der Waals surface area (Å²) < 4.78 is 0. The first kappa shape index (κ1) is 13.5. The van der Waals surface area contributed by atoms with Crippen LogP contribution in [-0.2, 0) is 0 Å². The Labute approximate surface area is 115 Å². The molecular formula is C18H20O. The van der Waals surface area contributed by atoms with Crippen molar-refractivity contribution < 1.29 is 4.79 Å². The van der Waals surface area contributed by atoms with Gasteiger partial charge in [-0.2, -0.15) is 0 Å². The fourth-order valence-corrected chi connectivity index (χ4v) is 2.48. The van der Waals surface area contributed by atoms with Crippen LogP contribution in [0.5, 0.6) is 0 Å². The Balaban J connectivity index is 2.17. The zero-order valence-electron chi connectivity index (χ0n) is 11.6. The molecule has 1 atom stereocenters. The Morgan fingerprint density at radius 3 is 2.26 bits per heavy atom. The Hall–Kier alpha value is -1.89. The van der Waals surface area contributed by atoms with Crippen molar-refractivity contribution >= 4 is 5.78 Å². The van der Waals surface area contributed by atoms with Gasteiger partial charge in [0.25, 0.3) is 0 Å². The molecular weight excluding hydrogens is 232 g/mol. The molecule has 98 valence electrons. The van der Waals surface area contributed by atoms with Crippen LogP contribution in [0.4, 0.5) is 0 Å².